The fraction of sp³-hybridized carbons (Fsp3) is 0.889. The molecule has 0 amide bonds. The van der Waals surface area contributed by atoms with E-state index < -0.39 is 0 Å². The average molecular weight is 136 g/mol. The highest BCUT2D eigenvalue weighted by molar-refractivity contribution is 5.96. The van der Waals surface area contributed by atoms with Crippen molar-refractivity contribution in [1.29, 1.82) is 0 Å². The smallest absolute Gasteiger partial charge is 0.140 e. The highest BCUT2D eigenvalue weighted by atomic mass is 16.1. The molecular weight excluding hydrogens is 124 g/mol. The second-order valence-electron chi connectivity index (χ2n) is 4.57. The van der Waals surface area contributed by atoms with E-state index in [0.29, 0.717) is 11.2 Å². The van der Waals surface area contributed by atoms with Gasteiger partial charge in [-0.15, -0.1) is 0 Å². The zero-order chi connectivity index (χ0) is 6.98. The first-order chi connectivity index (χ1) is 4.69. The summed E-state index contributed by atoms with van der Waals surface area (Å²) in [6.45, 7) is 2.31. The lowest BCUT2D eigenvalue weighted by molar-refractivity contribution is -0.143. The molecule has 54 valence electrons. The number of carbonyl (C=O) groups excluding carboxylic acids is 1. The zero-order valence-electron chi connectivity index (χ0n) is 6.31. The van der Waals surface area contributed by atoms with Crippen molar-refractivity contribution < 1.29 is 4.79 Å². The molecule has 0 bridgehead atoms. The molecule has 0 heterocycles. The zero-order valence-corrected chi connectivity index (χ0v) is 6.31. The Morgan fingerprint density at radius 1 is 1.60 bits per heavy atom. The van der Waals surface area contributed by atoms with Crippen molar-refractivity contribution >= 4 is 5.78 Å². The van der Waals surface area contributed by atoms with E-state index in [2.05, 4.69) is 6.92 Å². The molecular formula is C9H12O. The molecule has 0 N–H and O–H groups in total. The third kappa shape index (κ3) is 0.284. The van der Waals surface area contributed by atoms with Crippen molar-refractivity contribution in [2.24, 2.45) is 16.7 Å². The van der Waals surface area contributed by atoms with Gasteiger partial charge < -0.3 is 0 Å². The molecule has 0 saturated heterocycles. The van der Waals surface area contributed by atoms with Crippen LogP contribution in [-0.4, -0.2) is 5.78 Å². The monoisotopic (exact) mass is 136 g/mol. The Morgan fingerprint density at radius 3 is 2.80 bits per heavy atom. The van der Waals surface area contributed by atoms with Gasteiger partial charge in [0.15, 0.2) is 0 Å². The Balaban J connectivity index is 2.11. The molecule has 0 radical (unpaired) electrons. The van der Waals surface area contributed by atoms with E-state index in [1.807, 2.05) is 0 Å². The topological polar surface area (TPSA) is 17.1 Å². The first-order valence-corrected chi connectivity index (χ1v) is 4.22. The van der Waals surface area contributed by atoms with E-state index in [1.54, 1.807) is 0 Å². The SMILES string of the molecule is CC12CCC3CC31C(=O)C2. The third-order valence-corrected chi connectivity index (χ3v) is 4.28. The Kier molecular flexibility index (Phi) is 0.580. The van der Waals surface area contributed by atoms with Crippen molar-refractivity contribution in [1.82, 2.24) is 0 Å². The van der Waals surface area contributed by atoms with Crippen molar-refractivity contribution in [2.75, 3.05) is 0 Å². The Hall–Kier alpha value is -0.330. The molecule has 0 aromatic heterocycles. The van der Waals surface area contributed by atoms with Gasteiger partial charge in [-0.05, 0) is 30.6 Å². The summed E-state index contributed by atoms with van der Waals surface area (Å²) in [7, 11) is 0. The minimum absolute atomic E-state index is 0.257. The molecule has 3 unspecified atom stereocenters. The molecule has 3 aliphatic carbocycles. The van der Waals surface area contributed by atoms with E-state index in [9.17, 15) is 4.79 Å². The lowest BCUT2D eigenvalue weighted by Gasteiger charge is -2.43. The predicted octanol–water partition coefficient (Wildman–Crippen LogP) is 1.77. The molecule has 3 fully saturated rings. The second-order valence-corrected chi connectivity index (χ2v) is 4.57. The van der Waals surface area contributed by atoms with Gasteiger partial charge in [-0.3, -0.25) is 4.79 Å². The molecule has 0 aliphatic heterocycles. The number of ketones is 1. The Morgan fingerprint density at radius 2 is 2.40 bits per heavy atom. The van der Waals surface area contributed by atoms with Crippen LogP contribution < -0.4 is 0 Å². The van der Waals surface area contributed by atoms with Crippen LogP contribution in [0.15, 0.2) is 0 Å². The summed E-state index contributed by atoms with van der Waals surface area (Å²) in [5.74, 6) is 1.40. The number of hydrogen-bond donors (Lipinski definition) is 0. The maximum Gasteiger partial charge on any atom is 0.140 e. The van der Waals surface area contributed by atoms with Crippen LogP contribution in [0, 0.1) is 16.7 Å². The predicted molar refractivity (Wildman–Crippen MR) is 37.5 cm³/mol. The summed E-state index contributed by atoms with van der Waals surface area (Å²) >= 11 is 0. The van der Waals surface area contributed by atoms with Gasteiger partial charge in [0.05, 0.1) is 0 Å². The lowest BCUT2D eigenvalue weighted by Crippen LogP contribution is -2.46. The van der Waals surface area contributed by atoms with Crippen LogP contribution in [0.2, 0.25) is 0 Å². The van der Waals surface area contributed by atoms with Gasteiger partial charge in [0, 0.05) is 11.8 Å². The van der Waals surface area contributed by atoms with Crippen LogP contribution in [0.5, 0.6) is 0 Å². The number of rotatable bonds is 0. The Bertz CT molecular complexity index is 233. The maximum atomic E-state index is 11.3. The van der Waals surface area contributed by atoms with Crippen LogP contribution in [0.4, 0.5) is 0 Å². The van der Waals surface area contributed by atoms with Gasteiger partial charge in [0.1, 0.15) is 5.78 Å². The number of hydrogen-bond acceptors (Lipinski definition) is 1. The van der Waals surface area contributed by atoms with Crippen LogP contribution in [0.3, 0.4) is 0 Å². The molecule has 3 saturated carbocycles. The molecule has 1 heteroatoms. The molecule has 1 spiro atoms. The molecule has 3 rings (SSSR count). The first-order valence-electron chi connectivity index (χ1n) is 4.22. The quantitative estimate of drug-likeness (QED) is 0.496. The van der Waals surface area contributed by atoms with Gasteiger partial charge in [-0.25, -0.2) is 0 Å². The molecule has 0 aromatic rings. The lowest BCUT2D eigenvalue weighted by atomic mass is 9.58. The minimum Gasteiger partial charge on any atom is -0.299 e. The van der Waals surface area contributed by atoms with E-state index in [1.165, 1.54) is 19.3 Å². The summed E-state index contributed by atoms with van der Waals surface area (Å²) < 4.78 is 0. The molecule has 10 heavy (non-hydrogen) atoms. The highest BCUT2D eigenvalue weighted by Crippen LogP contribution is 2.80. The van der Waals surface area contributed by atoms with Gasteiger partial charge in [-0.2, -0.15) is 0 Å². The fourth-order valence-electron chi connectivity index (χ4n) is 3.46. The highest BCUT2D eigenvalue weighted by Gasteiger charge is 2.78. The summed E-state index contributed by atoms with van der Waals surface area (Å²) in [6.07, 6.45) is 4.79. The van der Waals surface area contributed by atoms with Gasteiger partial charge >= 0.3 is 0 Å². The van der Waals surface area contributed by atoms with Crippen LogP contribution >= 0.6 is 0 Å². The standard InChI is InChI=1S/C9H12O/c1-8-3-2-6-4-9(6,8)7(10)5-8/h6H,2-5H2,1H3. The first kappa shape index (κ1) is 5.34. The molecule has 3 aliphatic rings. The second kappa shape index (κ2) is 1.09. The fourth-order valence-corrected chi connectivity index (χ4v) is 3.46. The van der Waals surface area contributed by atoms with Gasteiger partial charge in [0.25, 0.3) is 0 Å². The van der Waals surface area contributed by atoms with E-state index in [0.717, 1.165) is 12.3 Å². The van der Waals surface area contributed by atoms with Crippen LogP contribution in [0.1, 0.15) is 32.6 Å². The average Bonchev–Trinajstić information content (AvgIpc) is 2.56. The summed E-state index contributed by atoms with van der Waals surface area (Å²) in [4.78, 5) is 11.3. The number of carbonyl (C=O) groups is 1. The van der Waals surface area contributed by atoms with Gasteiger partial charge in [-0.1, -0.05) is 6.92 Å². The maximum absolute atomic E-state index is 11.3. The van der Waals surface area contributed by atoms with Crippen molar-refractivity contribution in [2.45, 2.75) is 32.6 Å². The van der Waals surface area contributed by atoms with Crippen LogP contribution in [-0.2, 0) is 4.79 Å². The van der Waals surface area contributed by atoms with E-state index >= 15 is 0 Å². The third-order valence-electron chi connectivity index (χ3n) is 4.28. The van der Waals surface area contributed by atoms with Crippen molar-refractivity contribution in [3.63, 3.8) is 0 Å². The van der Waals surface area contributed by atoms with Crippen molar-refractivity contribution in [3.05, 3.63) is 0 Å². The molecule has 0 aromatic carbocycles. The van der Waals surface area contributed by atoms with Crippen molar-refractivity contribution in [3.8, 4) is 0 Å². The minimum atomic E-state index is 0.257. The Labute approximate surface area is 60.8 Å². The molecule has 3 atom stereocenters. The van der Waals surface area contributed by atoms with E-state index in [-0.39, 0.29) is 5.41 Å². The largest absolute Gasteiger partial charge is 0.299 e. The summed E-state index contributed by atoms with van der Waals surface area (Å²) in [6, 6.07) is 0. The summed E-state index contributed by atoms with van der Waals surface area (Å²) in [5, 5.41) is 0. The molecule has 1 nitrogen and oxygen atoms in total. The normalized spacial score (nSPS) is 62.9. The van der Waals surface area contributed by atoms with Gasteiger partial charge in [0.2, 0.25) is 0 Å². The number of Topliss-reactive ketones (excluding diaryl/α,β-unsaturated/α-hetero) is 1. The van der Waals surface area contributed by atoms with Crippen LogP contribution in [0.25, 0.3) is 0 Å². The summed E-state index contributed by atoms with van der Waals surface area (Å²) in [5.41, 5.74) is 0.724. The van der Waals surface area contributed by atoms with E-state index in [4.69, 9.17) is 0 Å².